The van der Waals surface area contributed by atoms with Gasteiger partial charge in [0, 0.05) is 18.7 Å². The monoisotopic (exact) mass is 314 g/mol. The smallest absolute Gasteiger partial charge is 0.258 e. The van der Waals surface area contributed by atoms with Crippen molar-refractivity contribution in [2.24, 2.45) is 0 Å². The van der Waals surface area contributed by atoms with E-state index in [4.69, 9.17) is 0 Å². The van der Waals surface area contributed by atoms with Gasteiger partial charge in [0.05, 0.1) is 9.82 Å². The minimum absolute atomic E-state index is 0.114. The van der Waals surface area contributed by atoms with Crippen molar-refractivity contribution in [2.45, 2.75) is 30.7 Å². The zero-order valence-corrected chi connectivity index (χ0v) is 12.3. The molecule has 1 fully saturated rings. The highest BCUT2D eigenvalue weighted by atomic mass is 32.2. The zero-order valence-electron chi connectivity index (χ0n) is 11.5. The minimum Gasteiger partial charge on any atom is -0.258 e. The molecule has 1 aliphatic rings. The van der Waals surface area contributed by atoms with E-state index in [9.17, 15) is 22.9 Å². The van der Waals surface area contributed by atoms with E-state index >= 15 is 0 Å². The number of nitrogens with zero attached hydrogens (tertiary/aromatic N) is 2. The highest BCUT2D eigenvalue weighted by molar-refractivity contribution is 7.89. The van der Waals surface area contributed by atoms with E-state index in [1.165, 1.54) is 17.3 Å². The molecule has 0 unspecified atom stereocenters. The van der Waals surface area contributed by atoms with Crippen molar-refractivity contribution in [1.29, 1.82) is 0 Å². The average Bonchev–Trinajstić information content (AvgIpc) is 3.18. The van der Waals surface area contributed by atoms with Crippen molar-refractivity contribution in [2.75, 3.05) is 6.54 Å². The Kier molecular flexibility index (Phi) is 4.11. The van der Waals surface area contributed by atoms with E-state index in [2.05, 4.69) is 6.58 Å². The van der Waals surface area contributed by atoms with Crippen LogP contribution in [0.15, 0.2) is 29.7 Å². The first kappa shape index (κ1) is 15.6. The predicted octanol–water partition coefficient (Wildman–Crippen LogP) is 2.38. The lowest BCUT2D eigenvalue weighted by atomic mass is 10.2. The number of benzene rings is 1. The lowest BCUT2D eigenvalue weighted by molar-refractivity contribution is -0.387. The molecule has 0 aliphatic heterocycles. The molecule has 1 aliphatic carbocycles. The summed E-state index contributed by atoms with van der Waals surface area (Å²) < 4.78 is 40.1. The lowest BCUT2D eigenvalue weighted by Gasteiger charge is -2.21. The van der Waals surface area contributed by atoms with Crippen molar-refractivity contribution >= 4 is 15.7 Å². The van der Waals surface area contributed by atoms with Crippen molar-refractivity contribution in [3.63, 3.8) is 0 Å². The fourth-order valence-corrected chi connectivity index (χ4v) is 4.00. The molecule has 1 aromatic carbocycles. The Morgan fingerprint density at radius 3 is 2.62 bits per heavy atom. The van der Waals surface area contributed by atoms with E-state index in [1.807, 2.05) is 0 Å². The summed E-state index contributed by atoms with van der Waals surface area (Å²) in [4.78, 5) is 9.64. The first-order valence-electron chi connectivity index (χ1n) is 6.36. The van der Waals surface area contributed by atoms with Crippen molar-refractivity contribution in [1.82, 2.24) is 4.31 Å². The Labute approximate surface area is 122 Å². The zero-order chi connectivity index (χ0) is 15.8. The molecule has 0 spiro atoms. The first-order chi connectivity index (χ1) is 9.78. The van der Waals surface area contributed by atoms with Crippen LogP contribution in [-0.4, -0.2) is 30.2 Å². The Morgan fingerprint density at radius 1 is 1.52 bits per heavy atom. The predicted molar refractivity (Wildman–Crippen MR) is 74.9 cm³/mol. The largest absolute Gasteiger partial charge is 0.306 e. The summed E-state index contributed by atoms with van der Waals surface area (Å²) in [6.45, 7) is 5.06. The lowest BCUT2D eigenvalue weighted by Crippen LogP contribution is -2.33. The fourth-order valence-electron chi connectivity index (χ4n) is 2.12. The minimum atomic E-state index is -3.91. The molecule has 2 rings (SSSR count). The molecule has 0 aromatic heterocycles. The molecule has 0 amide bonds. The number of nitro benzene ring substituents is 1. The van der Waals surface area contributed by atoms with Gasteiger partial charge in [0.2, 0.25) is 15.8 Å². The second-order valence-electron chi connectivity index (χ2n) is 4.92. The summed E-state index contributed by atoms with van der Waals surface area (Å²) >= 11 is 0. The van der Waals surface area contributed by atoms with Gasteiger partial charge in [-0.2, -0.15) is 8.70 Å². The van der Waals surface area contributed by atoms with Crippen LogP contribution >= 0.6 is 0 Å². The summed E-state index contributed by atoms with van der Waals surface area (Å²) in [5.41, 5.74) is -0.693. The van der Waals surface area contributed by atoms with Crippen molar-refractivity contribution in [3.8, 4) is 0 Å². The first-order valence-corrected chi connectivity index (χ1v) is 7.80. The van der Waals surface area contributed by atoms with Crippen LogP contribution in [0.4, 0.5) is 10.1 Å². The summed E-state index contributed by atoms with van der Waals surface area (Å²) in [5, 5.41) is 10.8. The van der Waals surface area contributed by atoms with E-state index in [0.29, 0.717) is 0 Å². The van der Waals surface area contributed by atoms with Crippen LogP contribution in [0.3, 0.4) is 0 Å². The molecule has 0 atom stereocenters. The number of rotatable bonds is 6. The van der Waals surface area contributed by atoms with Gasteiger partial charge in [-0.25, -0.2) is 8.42 Å². The van der Waals surface area contributed by atoms with Crippen LogP contribution in [0, 0.1) is 22.9 Å². The van der Waals surface area contributed by atoms with E-state index in [1.54, 1.807) is 0 Å². The summed E-state index contributed by atoms with van der Waals surface area (Å²) in [6.07, 6.45) is 2.95. The maximum Gasteiger partial charge on any atom is 0.306 e. The maximum atomic E-state index is 13.5. The molecule has 1 saturated carbocycles. The third-order valence-electron chi connectivity index (χ3n) is 3.29. The molecule has 6 nitrogen and oxygen atoms in total. The van der Waals surface area contributed by atoms with Crippen LogP contribution in [0.2, 0.25) is 0 Å². The average molecular weight is 314 g/mol. The highest BCUT2D eigenvalue weighted by Crippen LogP contribution is 2.34. The Hall–Kier alpha value is -1.80. The van der Waals surface area contributed by atoms with Crippen LogP contribution < -0.4 is 0 Å². The summed E-state index contributed by atoms with van der Waals surface area (Å²) in [5.74, 6) is -1.04. The summed E-state index contributed by atoms with van der Waals surface area (Å²) in [7, 11) is -3.91. The summed E-state index contributed by atoms with van der Waals surface area (Å²) in [6, 6.07) is 1.55. The molecule has 0 heterocycles. The number of hydrogen-bond donors (Lipinski definition) is 0. The van der Waals surface area contributed by atoms with Gasteiger partial charge in [0.1, 0.15) is 0 Å². The topological polar surface area (TPSA) is 80.5 Å². The van der Waals surface area contributed by atoms with Gasteiger partial charge in [-0.05, 0) is 31.4 Å². The molecule has 0 saturated heterocycles. The number of nitro groups is 1. The molecule has 0 N–H and O–H groups in total. The second kappa shape index (κ2) is 5.53. The molecule has 21 heavy (non-hydrogen) atoms. The number of hydrogen-bond acceptors (Lipinski definition) is 4. The van der Waals surface area contributed by atoms with Crippen LogP contribution in [0.5, 0.6) is 0 Å². The molecule has 0 radical (unpaired) electrons. The Balaban J connectivity index is 2.55. The number of aryl methyl sites for hydroxylation is 1. The van der Waals surface area contributed by atoms with Crippen molar-refractivity contribution < 1.29 is 17.7 Å². The molecular weight excluding hydrogens is 299 g/mol. The van der Waals surface area contributed by atoms with Crippen molar-refractivity contribution in [3.05, 3.63) is 46.3 Å². The number of sulfonamides is 1. The van der Waals surface area contributed by atoms with E-state index in [0.717, 1.165) is 25.0 Å². The van der Waals surface area contributed by atoms with Crippen LogP contribution in [0.1, 0.15) is 18.4 Å². The van der Waals surface area contributed by atoms with E-state index in [-0.39, 0.29) is 23.0 Å². The fraction of sp³-hybridized carbons (Fsp3) is 0.385. The molecule has 1 aromatic rings. The normalized spacial score (nSPS) is 15.2. The van der Waals surface area contributed by atoms with Crippen LogP contribution in [0.25, 0.3) is 0 Å². The maximum absolute atomic E-state index is 13.5. The van der Waals surface area contributed by atoms with Gasteiger partial charge in [-0.15, -0.1) is 6.58 Å². The third kappa shape index (κ3) is 2.96. The van der Waals surface area contributed by atoms with Gasteiger partial charge in [-0.3, -0.25) is 10.1 Å². The molecule has 0 bridgehead atoms. The van der Waals surface area contributed by atoms with Gasteiger partial charge >= 0.3 is 5.69 Å². The highest BCUT2D eigenvalue weighted by Gasteiger charge is 2.38. The quantitative estimate of drug-likeness (QED) is 0.458. The van der Waals surface area contributed by atoms with Gasteiger partial charge in [-0.1, -0.05) is 6.08 Å². The SMILES string of the molecule is C=CCN(C1CC1)S(=O)(=O)c1cc([N+](=O)[O-])c(F)cc1C. The molecular formula is C13H15FN2O4S. The van der Waals surface area contributed by atoms with Gasteiger partial charge in [0.25, 0.3) is 0 Å². The molecule has 114 valence electrons. The Morgan fingerprint density at radius 2 is 2.14 bits per heavy atom. The van der Waals surface area contributed by atoms with Crippen LogP contribution in [-0.2, 0) is 10.0 Å². The van der Waals surface area contributed by atoms with E-state index < -0.39 is 26.5 Å². The third-order valence-corrected chi connectivity index (χ3v) is 5.35. The number of halogens is 1. The standard InChI is InChI=1S/C13H15FN2O4S/c1-3-6-15(10-4-5-10)21(19,20)13-8-12(16(17)18)11(14)7-9(13)2/h3,7-8,10H,1,4-6H2,2H3. The Bertz CT molecular complexity index is 698. The second-order valence-corrected chi connectivity index (χ2v) is 6.78. The van der Waals surface area contributed by atoms with Gasteiger partial charge < -0.3 is 0 Å². The molecule has 8 heteroatoms. The van der Waals surface area contributed by atoms with Gasteiger partial charge in [0.15, 0.2) is 0 Å².